The van der Waals surface area contributed by atoms with Gasteiger partial charge >= 0.3 is 0 Å². The molecule has 0 radical (unpaired) electrons. The summed E-state index contributed by atoms with van der Waals surface area (Å²) in [6, 6.07) is 10.0. The first-order valence-electron chi connectivity index (χ1n) is 10.7. The van der Waals surface area contributed by atoms with E-state index >= 15 is 0 Å². The third-order valence-corrected chi connectivity index (χ3v) is 5.63. The zero-order valence-corrected chi connectivity index (χ0v) is 17.5. The number of amides is 1. The van der Waals surface area contributed by atoms with Crippen molar-refractivity contribution in [1.82, 2.24) is 24.6 Å². The molecule has 1 aliphatic rings. The highest BCUT2D eigenvalue weighted by Gasteiger charge is 2.19. The predicted octanol–water partition coefficient (Wildman–Crippen LogP) is 2.07. The Labute approximate surface area is 183 Å². The molecule has 0 saturated heterocycles. The lowest BCUT2D eigenvalue weighted by atomic mass is 10.0. The number of aromatic nitrogens is 4. The lowest BCUT2D eigenvalue weighted by molar-refractivity contribution is 0.0944. The molecule has 0 bridgehead atoms. The van der Waals surface area contributed by atoms with Gasteiger partial charge in [-0.25, -0.2) is 14.1 Å². The molecule has 9 heteroatoms. The first-order chi connectivity index (χ1) is 15.5. The topological polar surface area (TPSA) is 98.9 Å². The van der Waals surface area contributed by atoms with E-state index in [0.29, 0.717) is 11.5 Å². The van der Waals surface area contributed by atoms with E-state index in [1.54, 1.807) is 18.2 Å². The normalized spacial score (nSPS) is 13.9. The van der Waals surface area contributed by atoms with Crippen molar-refractivity contribution in [3.05, 3.63) is 92.3 Å². The van der Waals surface area contributed by atoms with Crippen molar-refractivity contribution in [2.75, 3.05) is 6.54 Å². The summed E-state index contributed by atoms with van der Waals surface area (Å²) in [6.45, 7) is 0.519. The number of nitrogens with one attached hydrogen (secondary N) is 1. The van der Waals surface area contributed by atoms with E-state index < -0.39 is 17.3 Å². The van der Waals surface area contributed by atoms with E-state index in [0.717, 1.165) is 23.2 Å². The maximum atomic E-state index is 13.4. The van der Waals surface area contributed by atoms with Crippen LogP contribution in [-0.4, -0.2) is 31.8 Å². The van der Waals surface area contributed by atoms with E-state index in [-0.39, 0.29) is 30.9 Å². The maximum absolute atomic E-state index is 13.4. The number of benzene rings is 1. The fourth-order valence-corrected chi connectivity index (χ4v) is 3.92. The highest BCUT2D eigenvalue weighted by atomic mass is 19.1. The molecule has 0 unspecified atom stereocenters. The second kappa shape index (κ2) is 9.67. The molecule has 166 valence electrons. The van der Waals surface area contributed by atoms with Gasteiger partial charge < -0.3 is 5.32 Å². The van der Waals surface area contributed by atoms with Crippen molar-refractivity contribution in [3.8, 4) is 0 Å². The van der Waals surface area contributed by atoms with Crippen LogP contribution in [0.3, 0.4) is 0 Å². The molecule has 1 aromatic carbocycles. The molecular formula is C23H24FN5O3. The van der Waals surface area contributed by atoms with E-state index in [9.17, 15) is 18.8 Å². The van der Waals surface area contributed by atoms with Gasteiger partial charge in [0.15, 0.2) is 0 Å². The molecule has 0 spiro atoms. The summed E-state index contributed by atoms with van der Waals surface area (Å²) in [5.41, 5.74) is 0.925. The third-order valence-electron chi connectivity index (χ3n) is 5.63. The summed E-state index contributed by atoms with van der Waals surface area (Å²) in [7, 11) is 0. The number of hydrogen-bond donors (Lipinski definition) is 1. The highest BCUT2D eigenvalue weighted by Crippen LogP contribution is 2.32. The van der Waals surface area contributed by atoms with Gasteiger partial charge in [-0.3, -0.25) is 19.0 Å². The minimum atomic E-state index is -0.471. The number of carbonyl (C=O) groups is 1. The average Bonchev–Trinajstić information content (AvgIpc) is 3.31. The number of hydrogen-bond acceptors (Lipinski definition) is 5. The Morgan fingerprint density at radius 3 is 2.66 bits per heavy atom. The van der Waals surface area contributed by atoms with Crippen LogP contribution in [-0.2, 0) is 13.1 Å². The van der Waals surface area contributed by atoms with Crippen molar-refractivity contribution in [3.63, 3.8) is 0 Å². The van der Waals surface area contributed by atoms with Gasteiger partial charge in [-0.2, -0.15) is 5.10 Å². The van der Waals surface area contributed by atoms with Gasteiger partial charge in [-0.05, 0) is 36.6 Å². The van der Waals surface area contributed by atoms with Crippen LogP contribution in [0.4, 0.5) is 4.39 Å². The Morgan fingerprint density at radius 1 is 1.09 bits per heavy atom. The number of nitrogens with zero attached hydrogens (tertiary/aromatic N) is 4. The Morgan fingerprint density at radius 2 is 1.91 bits per heavy atom. The van der Waals surface area contributed by atoms with Gasteiger partial charge in [-0.1, -0.05) is 25.0 Å². The molecule has 1 saturated carbocycles. The van der Waals surface area contributed by atoms with Gasteiger partial charge in [-0.15, -0.1) is 0 Å². The zero-order chi connectivity index (χ0) is 22.5. The van der Waals surface area contributed by atoms with Crippen molar-refractivity contribution < 1.29 is 9.18 Å². The van der Waals surface area contributed by atoms with Gasteiger partial charge in [0.1, 0.15) is 11.5 Å². The van der Waals surface area contributed by atoms with Crippen LogP contribution < -0.4 is 16.4 Å². The summed E-state index contributed by atoms with van der Waals surface area (Å²) in [4.78, 5) is 41.3. The molecule has 3 aromatic rings. The van der Waals surface area contributed by atoms with Crippen molar-refractivity contribution in [2.24, 2.45) is 0 Å². The molecule has 4 rings (SSSR count). The van der Waals surface area contributed by atoms with Crippen LogP contribution in [0.15, 0.2) is 58.4 Å². The van der Waals surface area contributed by atoms with Crippen LogP contribution in [0, 0.1) is 5.82 Å². The van der Waals surface area contributed by atoms with Crippen LogP contribution >= 0.6 is 0 Å². The predicted molar refractivity (Wildman–Crippen MR) is 116 cm³/mol. The fraction of sp³-hybridized carbons (Fsp3) is 0.348. The summed E-state index contributed by atoms with van der Waals surface area (Å²) in [5, 5.41) is 6.78. The number of carbonyl (C=O) groups excluding carboxylic acids is 1. The van der Waals surface area contributed by atoms with E-state index in [1.165, 1.54) is 48.0 Å². The SMILES string of the molecule is O=C(NCCn1cnc(C2CCCC2)cc1=O)c1ccc(=O)n(Cc2cccc(F)c2)n1. The summed E-state index contributed by atoms with van der Waals surface area (Å²) in [6.07, 6.45) is 6.01. The molecule has 0 aliphatic heterocycles. The molecule has 0 atom stereocenters. The van der Waals surface area contributed by atoms with Gasteiger partial charge in [0.2, 0.25) is 0 Å². The van der Waals surface area contributed by atoms with E-state index in [4.69, 9.17) is 0 Å². The molecule has 1 aliphatic carbocycles. The van der Waals surface area contributed by atoms with Crippen molar-refractivity contribution in [2.45, 2.75) is 44.7 Å². The Balaban J connectivity index is 1.37. The largest absolute Gasteiger partial charge is 0.349 e. The van der Waals surface area contributed by atoms with Crippen LogP contribution in [0.5, 0.6) is 0 Å². The zero-order valence-electron chi connectivity index (χ0n) is 17.5. The minimum absolute atomic E-state index is 0.0477. The fourth-order valence-electron chi connectivity index (χ4n) is 3.92. The molecule has 2 aromatic heterocycles. The van der Waals surface area contributed by atoms with Crippen LogP contribution in [0.2, 0.25) is 0 Å². The van der Waals surface area contributed by atoms with Crippen molar-refractivity contribution in [1.29, 1.82) is 0 Å². The molecule has 8 nitrogen and oxygen atoms in total. The minimum Gasteiger partial charge on any atom is -0.349 e. The quantitative estimate of drug-likeness (QED) is 0.610. The van der Waals surface area contributed by atoms with Gasteiger partial charge in [0, 0.05) is 31.1 Å². The second-order valence-corrected chi connectivity index (χ2v) is 7.93. The lowest BCUT2D eigenvalue weighted by Gasteiger charge is -2.11. The molecular weight excluding hydrogens is 413 g/mol. The third kappa shape index (κ3) is 5.16. The number of rotatable bonds is 7. The monoisotopic (exact) mass is 437 g/mol. The molecule has 1 amide bonds. The Kier molecular flexibility index (Phi) is 6.53. The number of halogens is 1. The van der Waals surface area contributed by atoms with Crippen molar-refractivity contribution >= 4 is 5.91 Å². The molecule has 2 heterocycles. The molecule has 1 N–H and O–H groups in total. The van der Waals surface area contributed by atoms with Crippen LogP contribution in [0.25, 0.3) is 0 Å². The molecule has 32 heavy (non-hydrogen) atoms. The van der Waals surface area contributed by atoms with Crippen LogP contribution in [0.1, 0.15) is 53.3 Å². The summed E-state index contributed by atoms with van der Waals surface area (Å²) >= 11 is 0. The average molecular weight is 437 g/mol. The first kappa shape index (κ1) is 21.6. The highest BCUT2D eigenvalue weighted by molar-refractivity contribution is 5.91. The van der Waals surface area contributed by atoms with Gasteiger partial charge in [0.25, 0.3) is 17.0 Å². The standard InChI is InChI=1S/C23H24FN5O3/c24-18-7-3-4-16(12-18)14-29-21(30)9-8-19(27-29)23(32)25-10-11-28-15-26-20(13-22(28)31)17-5-1-2-6-17/h3-4,7-9,12-13,15,17H,1-2,5-6,10-11,14H2,(H,25,32). The van der Waals surface area contributed by atoms with E-state index in [2.05, 4.69) is 15.4 Å². The summed E-state index contributed by atoms with van der Waals surface area (Å²) in [5.74, 6) is -0.516. The maximum Gasteiger partial charge on any atom is 0.271 e. The molecule has 1 fully saturated rings. The van der Waals surface area contributed by atoms with E-state index in [1.807, 2.05) is 0 Å². The summed E-state index contributed by atoms with van der Waals surface area (Å²) < 4.78 is 16.0. The second-order valence-electron chi connectivity index (χ2n) is 7.93. The van der Waals surface area contributed by atoms with Gasteiger partial charge in [0.05, 0.1) is 18.6 Å². The lowest BCUT2D eigenvalue weighted by Crippen LogP contribution is -2.33. The smallest absolute Gasteiger partial charge is 0.271 e. The first-order valence-corrected chi connectivity index (χ1v) is 10.7. The Hall–Kier alpha value is -3.62. The Bertz CT molecular complexity index is 1230.